The fraction of sp³-hybridized carbons (Fsp3) is 0.935. The lowest BCUT2D eigenvalue weighted by Gasteiger charge is -2.72. The summed E-state index contributed by atoms with van der Waals surface area (Å²) in [5.74, 6) is 1.74. The minimum absolute atomic E-state index is 0.0958. The summed E-state index contributed by atoms with van der Waals surface area (Å²) in [6, 6.07) is 2.56. The molecule has 1 heterocycles. The predicted molar refractivity (Wildman–Crippen MR) is 146 cm³/mol. The van der Waals surface area contributed by atoms with Gasteiger partial charge in [-0.15, -0.1) is 0 Å². The van der Waals surface area contributed by atoms with Crippen molar-refractivity contribution in [2.75, 3.05) is 6.61 Å². The van der Waals surface area contributed by atoms with Gasteiger partial charge < -0.3 is 4.74 Å². The smallest absolute Gasteiger partial charge is 0.171 e. The molecule has 36 heavy (non-hydrogen) atoms. The predicted octanol–water partition coefficient (Wildman–Crippen LogP) is 8.37. The van der Waals surface area contributed by atoms with Crippen LogP contribution in [0.15, 0.2) is 0 Å². The number of fused-ring (bicyclic) bond motifs is 3. The molecule has 0 aromatic rings. The van der Waals surface area contributed by atoms with E-state index in [1.807, 2.05) is 13.8 Å². The molecule has 0 aromatic carbocycles. The molecule has 0 aromatic heterocycles. The van der Waals surface area contributed by atoms with E-state index in [1.54, 1.807) is 0 Å². The van der Waals surface area contributed by atoms with Crippen molar-refractivity contribution in [2.45, 2.75) is 117 Å². The third kappa shape index (κ3) is 3.35. The van der Waals surface area contributed by atoms with Crippen LogP contribution in [0.25, 0.3) is 0 Å². The van der Waals surface area contributed by atoms with Gasteiger partial charge in [0.15, 0.2) is 10.6 Å². The molecule has 3 nitrogen and oxygen atoms in total. The second kappa shape index (κ2) is 8.35. The van der Waals surface area contributed by atoms with Gasteiger partial charge in [0.1, 0.15) is 0 Å². The molecule has 2 bridgehead atoms. The number of nitrogens with zero attached hydrogens (tertiary/aromatic N) is 1. The Balaban J connectivity index is 1.55. The fourth-order valence-corrected chi connectivity index (χ4v) is 12.0. The Hall–Kier alpha value is -0.300. The van der Waals surface area contributed by atoms with Crippen LogP contribution in [-0.2, 0) is 9.53 Å². The van der Waals surface area contributed by atoms with Gasteiger partial charge in [-0.05, 0) is 102 Å². The van der Waals surface area contributed by atoms with Gasteiger partial charge in [-0.3, -0.25) is 4.79 Å². The molecule has 202 valence electrons. The first kappa shape index (κ1) is 27.3. The number of Topliss-reactive ketones (excluding diaryl/α,β-unsaturated/α-hetero) is 1. The summed E-state index contributed by atoms with van der Waals surface area (Å²) < 4.78 is 6.68. The second-order valence-electron chi connectivity index (χ2n) is 15.5. The zero-order valence-corrected chi connectivity index (χ0v) is 25.1. The van der Waals surface area contributed by atoms with Crippen molar-refractivity contribution in [1.82, 2.24) is 0 Å². The average molecular weight is 537 g/mol. The van der Waals surface area contributed by atoms with Crippen LogP contribution in [0.3, 0.4) is 0 Å². The van der Waals surface area contributed by atoms with Crippen molar-refractivity contribution >= 4 is 29.0 Å². The molecule has 0 spiro atoms. The summed E-state index contributed by atoms with van der Waals surface area (Å²) in [5, 5.41) is 10.1. The van der Waals surface area contributed by atoms with Gasteiger partial charge in [-0.25, -0.2) is 0 Å². The Labute approximate surface area is 229 Å². The van der Waals surface area contributed by atoms with Crippen molar-refractivity contribution in [2.24, 2.45) is 56.2 Å². The summed E-state index contributed by atoms with van der Waals surface area (Å²) in [6.45, 7) is 17.4. The van der Waals surface area contributed by atoms with Crippen LogP contribution >= 0.6 is 23.2 Å². The SMILES string of the molecule is CC1(C)CC[C@]23CC[C@]4(C)[C@H](CC[C@@H]5[C@@](C)(CC#N)[C@H](C(C)(C)C(=O)C(Cl)Cl)CC[C@]54C)[C@H]2[C@H]1OC3. The molecule has 4 aliphatic carbocycles. The molecule has 5 heteroatoms. The Morgan fingerprint density at radius 3 is 2.31 bits per heavy atom. The van der Waals surface area contributed by atoms with Crippen LogP contribution < -0.4 is 0 Å². The average Bonchev–Trinajstić information content (AvgIpc) is 3.12. The monoisotopic (exact) mass is 535 g/mol. The van der Waals surface area contributed by atoms with E-state index in [-0.39, 0.29) is 33.4 Å². The van der Waals surface area contributed by atoms with Crippen molar-refractivity contribution in [1.29, 1.82) is 5.26 Å². The minimum Gasteiger partial charge on any atom is -0.377 e. The first-order valence-electron chi connectivity index (χ1n) is 14.4. The largest absolute Gasteiger partial charge is 0.377 e. The maximum Gasteiger partial charge on any atom is 0.171 e. The lowest BCUT2D eigenvalue weighted by Crippen LogP contribution is -2.66. The Morgan fingerprint density at radius 2 is 1.67 bits per heavy atom. The van der Waals surface area contributed by atoms with Gasteiger partial charge >= 0.3 is 0 Å². The zero-order chi connectivity index (χ0) is 26.5. The number of nitriles is 1. The number of ether oxygens (including phenoxy) is 1. The number of carbonyl (C=O) groups excluding carboxylic acids is 1. The van der Waals surface area contributed by atoms with Gasteiger partial charge in [0.25, 0.3) is 0 Å². The zero-order valence-electron chi connectivity index (χ0n) is 23.6. The standard InChI is InChI=1S/C31H47Cl2NO2/c1-26(2)12-14-31-15-13-29(6)19(22(31)24(26)36-18-31)8-9-21-28(5,16-17-34)20(10-11-30(21,29)7)27(3,4)23(35)25(32)33/h19-22,24-25H,8-16,18H2,1-7H3/t19-,20+,21-,22+,24-,28+,29-,30-,31-/m1/s1. The first-order chi connectivity index (χ1) is 16.6. The quantitative estimate of drug-likeness (QED) is 0.339. The van der Waals surface area contributed by atoms with Crippen LogP contribution in [0.2, 0.25) is 0 Å². The van der Waals surface area contributed by atoms with E-state index in [0.29, 0.717) is 35.7 Å². The van der Waals surface area contributed by atoms with E-state index < -0.39 is 10.3 Å². The van der Waals surface area contributed by atoms with Crippen LogP contribution in [0.4, 0.5) is 0 Å². The normalized spacial score (nSPS) is 49.5. The number of hydrogen-bond donors (Lipinski definition) is 0. The van der Waals surface area contributed by atoms with Gasteiger partial charge in [0.05, 0.1) is 18.8 Å². The summed E-state index contributed by atoms with van der Waals surface area (Å²) in [7, 11) is 0. The van der Waals surface area contributed by atoms with Crippen molar-refractivity contribution in [3.05, 3.63) is 0 Å². The van der Waals surface area contributed by atoms with E-state index in [4.69, 9.17) is 27.9 Å². The van der Waals surface area contributed by atoms with Gasteiger partial charge in [0.2, 0.25) is 0 Å². The van der Waals surface area contributed by atoms with Gasteiger partial charge in [-0.2, -0.15) is 5.26 Å². The second-order valence-corrected chi connectivity index (χ2v) is 16.6. The molecule has 4 saturated carbocycles. The van der Waals surface area contributed by atoms with E-state index in [1.165, 1.54) is 32.1 Å². The Kier molecular flexibility index (Phi) is 6.33. The van der Waals surface area contributed by atoms with E-state index in [9.17, 15) is 10.1 Å². The van der Waals surface area contributed by atoms with E-state index >= 15 is 0 Å². The fourth-order valence-electron chi connectivity index (χ4n) is 11.4. The lowest BCUT2D eigenvalue weighted by molar-refractivity contribution is -0.233. The topological polar surface area (TPSA) is 50.1 Å². The molecule has 1 aliphatic heterocycles. The number of halogens is 2. The highest BCUT2D eigenvalue weighted by Gasteiger charge is 2.72. The van der Waals surface area contributed by atoms with Gasteiger partial charge in [0, 0.05) is 11.8 Å². The first-order valence-corrected chi connectivity index (χ1v) is 15.3. The van der Waals surface area contributed by atoms with E-state index in [0.717, 1.165) is 25.9 Å². The molecule has 0 amide bonds. The highest BCUT2D eigenvalue weighted by Crippen LogP contribution is 2.77. The molecular weight excluding hydrogens is 489 g/mol. The molecule has 0 unspecified atom stereocenters. The molecule has 9 atom stereocenters. The van der Waals surface area contributed by atoms with Crippen molar-refractivity contribution in [3.8, 4) is 6.07 Å². The summed E-state index contributed by atoms with van der Waals surface area (Å²) in [6.07, 6.45) is 10.4. The van der Waals surface area contributed by atoms with E-state index in [2.05, 4.69) is 40.7 Å². The third-order valence-electron chi connectivity index (χ3n) is 13.6. The summed E-state index contributed by atoms with van der Waals surface area (Å²) >= 11 is 12.3. The molecule has 5 fully saturated rings. The number of hydrogen-bond acceptors (Lipinski definition) is 3. The number of ketones is 1. The maximum atomic E-state index is 13.2. The summed E-state index contributed by atoms with van der Waals surface area (Å²) in [5.41, 5.74) is 0.0915. The molecule has 5 rings (SSSR count). The highest BCUT2D eigenvalue weighted by molar-refractivity contribution is 6.54. The molecular formula is C31H47Cl2NO2. The van der Waals surface area contributed by atoms with Crippen LogP contribution in [-0.4, -0.2) is 23.3 Å². The Morgan fingerprint density at radius 1 is 1.00 bits per heavy atom. The number of rotatable bonds is 4. The molecule has 0 N–H and O–H groups in total. The number of carbonyl (C=O) groups is 1. The molecule has 5 aliphatic rings. The van der Waals surface area contributed by atoms with Gasteiger partial charge in [-0.1, -0.05) is 71.7 Å². The lowest BCUT2D eigenvalue weighted by atomic mass is 9.32. The molecule has 0 radical (unpaired) electrons. The third-order valence-corrected chi connectivity index (χ3v) is 14.0. The van der Waals surface area contributed by atoms with Crippen molar-refractivity contribution in [3.63, 3.8) is 0 Å². The molecule has 1 saturated heterocycles. The van der Waals surface area contributed by atoms with Crippen molar-refractivity contribution < 1.29 is 9.53 Å². The summed E-state index contributed by atoms with van der Waals surface area (Å²) in [4.78, 5) is 12.2. The minimum atomic E-state index is -1.02. The maximum absolute atomic E-state index is 13.2. The number of alkyl halides is 2. The Bertz CT molecular complexity index is 970. The highest BCUT2D eigenvalue weighted by atomic mass is 35.5. The van der Waals surface area contributed by atoms with Crippen LogP contribution in [0.1, 0.15) is 106 Å². The van der Waals surface area contributed by atoms with Crippen LogP contribution in [0.5, 0.6) is 0 Å². The van der Waals surface area contributed by atoms with Crippen LogP contribution in [0, 0.1) is 67.5 Å².